The van der Waals surface area contributed by atoms with Crippen LogP contribution in [0.5, 0.6) is 0 Å². The highest BCUT2D eigenvalue weighted by Gasteiger charge is 2.30. The summed E-state index contributed by atoms with van der Waals surface area (Å²) in [7, 11) is 0. The van der Waals surface area contributed by atoms with Gasteiger partial charge < -0.3 is 10.4 Å². The van der Waals surface area contributed by atoms with Crippen LogP contribution in [0, 0.1) is 12.3 Å². The van der Waals surface area contributed by atoms with Crippen molar-refractivity contribution in [2.75, 3.05) is 6.54 Å². The van der Waals surface area contributed by atoms with Gasteiger partial charge in [-0.05, 0) is 26.3 Å². The average Bonchev–Trinajstić information content (AvgIpc) is 2.06. The molecule has 0 amide bonds. The predicted octanol–water partition coefficient (Wildman–Crippen LogP) is 0.513. The highest BCUT2D eigenvalue weighted by molar-refractivity contribution is 5.11. The second-order valence-corrected chi connectivity index (χ2v) is 3.29. The van der Waals surface area contributed by atoms with E-state index in [2.05, 4.69) is 11.2 Å². The molecule has 0 spiro atoms. The summed E-state index contributed by atoms with van der Waals surface area (Å²) in [6, 6.07) is 0.0845. The van der Waals surface area contributed by atoms with Gasteiger partial charge in [0.25, 0.3) is 0 Å². The summed E-state index contributed by atoms with van der Waals surface area (Å²) in [4.78, 5) is 0. The summed E-state index contributed by atoms with van der Waals surface area (Å²) in [5.41, 5.74) is -0.972. The van der Waals surface area contributed by atoms with E-state index in [1.54, 1.807) is 6.92 Å². The Kier molecular flexibility index (Phi) is 2.53. The first-order valence-corrected chi connectivity index (χ1v) is 4.10. The van der Waals surface area contributed by atoms with Crippen molar-refractivity contribution in [2.45, 2.75) is 37.8 Å². The molecule has 0 bridgehead atoms. The van der Waals surface area contributed by atoms with Gasteiger partial charge in [0.05, 0.1) is 0 Å². The van der Waals surface area contributed by atoms with E-state index in [4.69, 9.17) is 6.42 Å². The first-order valence-electron chi connectivity index (χ1n) is 4.10. The van der Waals surface area contributed by atoms with Gasteiger partial charge in [0, 0.05) is 6.04 Å². The fraction of sp³-hybridized carbons (Fsp3) is 0.778. The monoisotopic (exact) mass is 153 g/mol. The van der Waals surface area contributed by atoms with Crippen LogP contribution in [0.25, 0.3) is 0 Å². The molecule has 2 heteroatoms. The molecule has 0 aromatic carbocycles. The van der Waals surface area contributed by atoms with Gasteiger partial charge in [-0.3, -0.25) is 0 Å². The quantitative estimate of drug-likeness (QED) is 0.538. The van der Waals surface area contributed by atoms with Crippen molar-refractivity contribution in [1.82, 2.24) is 5.32 Å². The van der Waals surface area contributed by atoms with Crippen molar-refractivity contribution < 1.29 is 5.11 Å². The third-order valence-electron chi connectivity index (χ3n) is 2.28. The minimum Gasteiger partial charge on any atom is -0.376 e. The van der Waals surface area contributed by atoms with Crippen LogP contribution in [-0.4, -0.2) is 23.3 Å². The molecule has 1 aliphatic heterocycles. The van der Waals surface area contributed by atoms with Gasteiger partial charge in [0.15, 0.2) is 0 Å². The van der Waals surface area contributed by atoms with Crippen molar-refractivity contribution in [2.24, 2.45) is 0 Å². The zero-order valence-electron chi connectivity index (χ0n) is 6.93. The molecule has 0 aliphatic carbocycles. The summed E-state index contributed by atoms with van der Waals surface area (Å²) in [6.07, 6.45) is 8.53. The van der Waals surface area contributed by atoms with Crippen LogP contribution in [0.15, 0.2) is 0 Å². The Balaban J connectivity index is 2.52. The van der Waals surface area contributed by atoms with Crippen LogP contribution < -0.4 is 5.32 Å². The highest BCUT2D eigenvalue weighted by Crippen LogP contribution is 2.17. The molecule has 0 saturated carbocycles. The summed E-state index contributed by atoms with van der Waals surface area (Å²) >= 11 is 0. The Morgan fingerprint density at radius 1 is 1.64 bits per heavy atom. The smallest absolute Gasteiger partial charge is 0.137 e. The molecule has 1 heterocycles. The van der Waals surface area contributed by atoms with E-state index in [0.717, 1.165) is 19.4 Å². The summed E-state index contributed by atoms with van der Waals surface area (Å²) < 4.78 is 0. The number of rotatable bonds is 1. The second-order valence-electron chi connectivity index (χ2n) is 3.29. The Morgan fingerprint density at radius 3 is 2.82 bits per heavy atom. The largest absolute Gasteiger partial charge is 0.376 e. The lowest BCUT2D eigenvalue weighted by molar-refractivity contribution is 0.0648. The van der Waals surface area contributed by atoms with Crippen molar-refractivity contribution >= 4 is 0 Å². The lowest BCUT2D eigenvalue weighted by Crippen LogP contribution is -2.50. The molecule has 2 unspecified atom stereocenters. The van der Waals surface area contributed by atoms with Gasteiger partial charge in [-0.2, -0.15) is 0 Å². The Labute approximate surface area is 68.0 Å². The normalized spacial score (nSPS) is 30.5. The van der Waals surface area contributed by atoms with Gasteiger partial charge in [-0.1, -0.05) is 12.3 Å². The molecule has 1 rings (SSSR count). The van der Waals surface area contributed by atoms with Crippen molar-refractivity contribution in [1.29, 1.82) is 0 Å². The molecular weight excluding hydrogens is 138 g/mol. The number of hydrogen-bond acceptors (Lipinski definition) is 2. The number of piperidine rings is 1. The van der Waals surface area contributed by atoms with Crippen molar-refractivity contribution in [3.8, 4) is 12.3 Å². The maximum absolute atomic E-state index is 9.65. The van der Waals surface area contributed by atoms with E-state index in [-0.39, 0.29) is 6.04 Å². The van der Waals surface area contributed by atoms with Gasteiger partial charge in [-0.25, -0.2) is 0 Å². The van der Waals surface area contributed by atoms with E-state index in [0.29, 0.717) is 0 Å². The fourth-order valence-electron chi connectivity index (χ4n) is 1.43. The number of aliphatic hydroxyl groups is 1. The fourth-order valence-corrected chi connectivity index (χ4v) is 1.43. The van der Waals surface area contributed by atoms with Crippen LogP contribution in [0.4, 0.5) is 0 Å². The van der Waals surface area contributed by atoms with Crippen LogP contribution in [0.2, 0.25) is 0 Å². The Hall–Kier alpha value is -0.520. The number of terminal acetylenes is 1. The topological polar surface area (TPSA) is 32.3 Å². The molecule has 2 N–H and O–H groups in total. The van der Waals surface area contributed by atoms with E-state index in [9.17, 15) is 5.11 Å². The van der Waals surface area contributed by atoms with Gasteiger partial charge in [0.1, 0.15) is 5.60 Å². The zero-order chi connectivity index (χ0) is 8.32. The van der Waals surface area contributed by atoms with E-state index >= 15 is 0 Å². The molecule has 0 aromatic rings. The second kappa shape index (κ2) is 3.25. The van der Waals surface area contributed by atoms with E-state index < -0.39 is 5.60 Å². The van der Waals surface area contributed by atoms with E-state index in [1.807, 2.05) is 0 Å². The first kappa shape index (κ1) is 8.58. The lowest BCUT2D eigenvalue weighted by atomic mass is 9.90. The Bertz CT molecular complexity index is 163. The molecule has 1 fully saturated rings. The molecule has 2 atom stereocenters. The lowest BCUT2D eigenvalue weighted by Gasteiger charge is -2.32. The standard InChI is InChI=1S/C9H15NO/c1-3-9(2,11)8-6-4-5-7-10-8/h1,8,10-11H,4-7H2,2H3. The third kappa shape index (κ3) is 1.95. The minimum absolute atomic E-state index is 0.0845. The molecule has 0 radical (unpaired) electrons. The molecule has 0 aromatic heterocycles. The maximum atomic E-state index is 9.65. The first-order chi connectivity index (χ1) is 5.17. The van der Waals surface area contributed by atoms with Crippen molar-refractivity contribution in [3.63, 3.8) is 0 Å². The maximum Gasteiger partial charge on any atom is 0.137 e. The highest BCUT2D eigenvalue weighted by atomic mass is 16.3. The third-order valence-corrected chi connectivity index (χ3v) is 2.28. The molecule has 2 nitrogen and oxygen atoms in total. The minimum atomic E-state index is -0.972. The van der Waals surface area contributed by atoms with Gasteiger partial charge >= 0.3 is 0 Å². The van der Waals surface area contributed by atoms with Crippen LogP contribution in [0.3, 0.4) is 0 Å². The average molecular weight is 153 g/mol. The molecule has 1 saturated heterocycles. The SMILES string of the molecule is C#CC(C)(O)C1CCCCN1. The van der Waals surface area contributed by atoms with Crippen LogP contribution >= 0.6 is 0 Å². The van der Waals surface area contributed by atoms with Crippen LogP contribution in [0.1, 0.15) is 26.2 Å². The van der Waals surface area contributed by atoms with Crippen LogP contribution in [-0.2, 0) is 0 Å². The predicted molar refractivity (Wildman–Crippen MR) is 45.1 cm³/mol. The molecule has 11 heavy (non-hydrogen) atoms. The summed E-state index contributed by atoms with van der Waals surface area (Å²) in [5.74, 6) is 2.40. The number of nitrogens with one attached hydrogen (secondary N) is 1. The summed E-state index contributed by atoms with van der Waals surface area (Å²) in [5, 5.41) is 12.9. The molecular formula is C9H15NO. The molecule has 62 valence electrons. The summed E-state index contributed by atoms with van der Waals surface area (Å²) in [6.45, 7) is 2.67. The molecule has 1 aliphatic rings. The van der Waals surface area contributed by atoms with Gasteiger partial charge in [0.2, 0.25) is 0 Å². The zero-order valence-corrected chi connectivity index (χ0v) is 6.93. The van der Waals surface area contributed by atoms with E-state index in [1.165, 1.54) is 6.42 Å². The van der Waals surface area contributed by atoms with Crippen molar-refractivity contribution in [3.05, 3.63) is 0 Å². The van der Waals surface area contributed by atoms with Gasteiger partial charge in [-0.15, -0.1) is 6.42 Å². The number of hydrogen-bond donors (Lipinski definition) is 2. The Morgan fingerprint density at radius 2 is 2.36 bits per heavy atom.